The molecule has 1 saturated heterocycles. The van der Waals surface area contributed by atoms with E-state index in [9.17, 15) is 23.5 Å². The Kier molecular flexibility index (Phi) is 8.49. The van der Waals surface area contributed by atoms with Crippen LogP contribution in [-0.2, 0) is 41.1 Å². The van der Waals surface area contributed by atoms with Gasteiger partial charge in [-0.2, -0.15) is 8.62 Å². The SMILES string of the molecule is BC1OC(COP(=O)(O)OP(=O)(O)OP(=O)(O)O)C(OC2CCCC2)C1OC. The van der Waals surface area contributed by atoms with E-state index in [0.717, 1.165) is 25.7 Å². The number of phosphoric ester groups is 1. The summed E-state index contributed by atoms with van der Waals surface area (Å²) in [6.45, 7) is -0.564. The summed E-state index contributed by atoms with van der Waals surface area (Å²) in [7, 11) is -13.0. The summed E-state index contributed by atoms with van der Waals surface area (Å²) in [5.74, 6) is 0. The quantitative estimate of drug-likeness (QED) is 0.249. The summed E-state index contributed by atoms with van der Waals surface area (Å²) in [6, 6.07) is -0.411. The highest BCUT2D eigenvalue weighted by atomic mass is 31.3. The van der Waals surface area contributed by atoms with Crippen molar-refractivity contribution < 1.29 is 60.6 Å². The number of methoxy groups -OCH3 is 1. The number of hydrogen-bond donors (Lipinski definition) is 4. The molecule has 0 amide bonds. The molecule has 1 saturated carbocycles. The number of phosphoric acid groups is 3. The minimum absolute atomic E-state index is 0.00876. The Morgan fingerprint density at radius 1 is 1.00 bits per heavy atom. The van der Waals surface area contributed by atoms with Crippen molar-refractivity contribution in [1.29, 1.82) is 0 Å². The van der Waals surface area contributed by atoms with E-state index in [1.807, 2.05) is 0 Å². The van der Waals surface area contributed by atoms with E-state index in [4.69, 9.17) is 24.0 Å². The van der Waals surface area contributed by atoms with Crippen LogP contribution in [0.4, 0.5) is 0 Å². The van der Waals surface area contributed by atoms with E-state index in [-0.39, 0.29) is 6.10 Å². The Hall–Kier alpha value is 0.355. The molecule has 2 aliphatic rings. The van der Waals surface area contributed by atoms with Crippen LogP contribution in [0.2, 0.25) is 0 Å². The van der Waals surface area contributed by atoms with Crippen molar-refractivity contribution in [3.05, 3.63) is 0 Å². The van der Waals surface area contributed by atoms with Crippen LogP contribution in [0, 0.1) is 0 Å². The monoisotopic (exact) mass is 468 g/mol. The van der Waals surface area contributed by atoms with Crippen LogP contribution in [0.25, 0.3) is 0 Å². The molecule has 0 spiro atoms. The largest absolute Gasteiger partial charge is 0.490 e. The molecule has 0 aromatic heterocycles. The first-order valence-corrected chi connectivity index (χ1v) is 13.0. The lowest BCUT2D eigenvalue weighted by molar-refractivity contribution is -0.0919. The van der Waals surface area contributed by atoms with Crippen LogP contribution in [-0.4, -0.2) is 71.6 Å². The third kappa shape index (κ3) is 7.56. The molecule has 1 heterocycles. The van der Waals surface area contributed by atoms with Gasteiger partial charge in [0.25, 0.3) is 0 Å². The first kappa shape index (κ1) is 24.6. The van der Waals surface area contributed by atoms with Gasteiger partial charge in [-0.1, -0.05) is 12.8 Å². The van der Waals surface area contributed by atoms with Gasteiger partial charge < -0.3 is 33.8 Å². The van der Waals surface area contributed by atoms with E-state index in [1.165, 1.54) is 7.11 Å². The molecular formula is C11H24BO13P3. The second kappa shape index (κ2) is 9.66. The average molecular weight is 468 g/mol. The number of hydrogen-bond acceptors (Lipinski definition) is 9. The van der Waals surface area contributed by atoms with Gasteiger partial charge in [0.15, 0.2) is 0 Å². The fraction of sp³-hybridized carbons (Fsp3) is 1.00. The summed E-state index contributed by atoms with van der Waals surface area (Å²) in [5, 5.41) is 0. The molecule has 6 unspecified atom stereocenters. The van der Waals surface area contributed by atoms with Crippen LogP contribution < -0.4 is 0 Å². The third-order valence-electron chi connectivity index (χ3n) is 4.28. The predicted molar refractivity (Wildman–Crippen MR) is 94.9 cm³/mol. The van der Waals surface area contributed by atoms with E-state index in [1.54, 1.807) is 7.85 Å². The van der Waals surface area contributed by atoms with Gasteiger partial charge >= 0.3 is 23.5 Å². The van der Waals surface area contributed by atoms with Gasteiger partial charge in [-0.3, -0.25) is 4.52 Å². The normalized spacial score (nSPS) is 33.6. The van der Waals surface area contributed by atoms with Crippen LogP contribution in [0.3, 0.4) is 0 Å². The second-order valence-corrected chi connectivity index (χ2v) is 10.9. The van der Waals surface area contributed by atoms with Crippen LogP contribution in [0.1, 0.15) is 25.7 Å². The lowest BCUT2D eigenvalue weighted by Gasteiger charge is -2.26. The van der Waals surface area contributed by atoms with Crippen molar-refractivity contribution in [1.82, 2.24) is 0 Å². The van der Waals surface area contributed by atoms with Crippen LogP contribution in [0.5, 0.6) is 0 Å². The first-order valence-electron chi connectivity index (χ1n) is 8.44. The number of ether oxygens (including phenoxy) is 3. The Balaban J connectivity index is 1.98. The highest BCUT2D eigenvalue weighted by Crippen LogP contribution is 2.66. The second-order valence-electron chi connectivity index (χ2n) is 6.47. The minimum atomic E-state index is -5.56. The molecule has 1 aliphatic carbocycles. The fourth-order valence-electron chi connectivity index (χ4n) is 3.25. The molecule has 28 heavy (non-hydrogen) atoms. The van der Waals surface area contributed by atoms with Gasteiger partial charge in [0.2, 0.25) is 0 Å². The maximum atomic E-state index is 11.9. The van der Waals surface area contributed by atoms with Crippen LogP contribution >= 0.6 is 23.5 Å². The molecule has 17 heteroatoms. The third-order valence-corrected chi connectivity index (χ3v) is 8.09. The van der Waals surface area contributed by atoms with Gasteiger partial charge in [-0.05, 0) is 12.8 Å². The van der Waals surface area contributed by atoms with Crippen molar-refractivity contribution in [2.45, 2.75) is 56.1 Å². The lowest BCUT2D eigenvalue weighted by Crippen LogP contribution is -2.40. The van der Waals surface area contributed by atoms with Gasteiger partial charge in [0.05, 0.1) is 18.7 Å². The molecule has 0 radical (unpaired) electrons. The number of rotatable bonds is 10. The predicted octanol–water partition coefficient (Wildman–Crippen LogP) is 0.0305. The van der Waals surface area contributed by atoms with E-state index >= 15 is 0 Å². The van der Waals surface area contributed by atoms with Gasteiger partial charge in [-0.25, -0.2) is 13.7 Å². The standard InChI is InChI=1S/C11H24BO13P3/c1-20-10-9(22-7-4-2-3-5-7)8(23-11(10)12)6-21-27(16,17)25-28(18,19)24-26(13,14)15/h7-11H,2-6,12H2,1H3,(H,16,17)(H,18,19)(H2,13,14,15). The van der Waals surface area contributed by atoms with E-state index in [2.05, 4.69) is 13.1 Å². The molecule has 0 aromatic rings. The first-order chi connectivity index (χ1) is 12.8. The fourth-order valence-corrected chi connectivity index (χ4v) is 6.28. The summed E-state index contributed by atoms with van der Waals surface area (Å²) in [6.07, 6.45) is 1.85. The molecule has 2 rings (SSSR count). The zero-order chi connectivity index (χ0) is 21.2. The molecule has 6 atom stereocenters. The van der Waals surface area contributed by atoms with Crippen molar-refractivity contribution in [2.75, 3.05) is 13.7 Å². The summed E-state index contributed by atoms with van der Waals surface area (Å²) >= 11 is 0. The summed E-state index contributed by atoms with van der Waals surface area (Å²) in [5.41, 5.74) is 0. The molecule has 1 aliphatic heterocycles. The van der Waals surface area contributed by atoms with E-state index in [0.29, 0.717) is 0 Å². The Bertz CT molecular complexity index is 664. The maximum Gasteiger partial charge on any atom is 0.490 e. The van der Waals surface area contributed by atoms with Crippen molar-refractivity contribution >= 4 is 31.3 Å². The topological polar surface area (TPSA) is 188 Å². The summed E-state index contributed by atoms with van der Waals surface area (Å²) < 4.78 is 62.9. The Labute approximate surface area is 162 Å². The lowest BCUT2D eigenvalue weighted by atomic mass is 9.92. The highest BCUT2D eigenvalue weighted by Gasteiger charge is 2.47. The molecule has 0 aromatic carbocycles. The van der Waals surface area contributed by atoms with Crippen LogP contribution in [0.15, 0.2) is 0 Å². The molecule has 13 nitrogen and oxygen atoms in total. The minimum Gasteiger partial charge on any atom is -0.377 e. The maximum absolute atomic E-state index is 11.9. The zero-order valence-corrected chi connectivity index (χ0v) is 17.9. The Morgan fingerprint density at radius 2 is 1.61 bits per heavy atom. The van der Waals surface area contributed by atoms with Crippen molar-refractivity contribution in [3.8, 4) is 0 Å². The van der Waals surface area contributed by atoms with Gasteiger partial charge in [0.1, 0.15) is 26.2 Å². The summed E-state index contributed by atoms with van der Waals surface area (Å²) in [4.78, 5) is 35.8. The van der Waals surface area contributed by atoms with Crippen molar-refractivity contribution in [3.63, 3.8) is 0 Å². The smallest absolute Gasteiger partial charge is 0.377 e. The molecular weight excluding hydrogens is 444 g/mol. The van der Waals surface area contributed by atoms with Gasteiger partial charge in [0, 0.05) is 7.11 Å². The van der Waals surface area contributed by atoms with Gasteiger partial charge in [-0.15, -0.1) is 0 Å². The molecule has 0 bridgehead atoms. The highest BCUT2D eigenvalue weighted by molar-refractivity contribution is 7.66. The molecule has 2 fully saturated rings. The van der Waals surface area contributed by atoms with E-state index < -0.39 is 54.4 Å². The molecule has 4 N–H and O–H groups in total. The molecule has 164 valence electrons. The zero-order valence-electron chi connectivity index (χ0n) is 15.2. The Morgan fingerprint density at radius 3 is 2.14 bits per heavy atom. The average Bonchev–Trinajstić information content (AvgIpc) is 3.10. The van der Waals surface area contributed by atoms with Crippen molar-refractivity contribution in [2.24, 2.45) is 0 Å².